The molecule has 130 valence electrons. The third kappa shape index (κ3) is 3.85. The summed E-state index contributed by atoms with van der Waals surface area (Å²) in [5.74, 6) is 0.426. The Labute approximate surface area is 152 Å². The molecule has 25 heavy (non-hydrogen) atoms. The quantitative estimate of drug-likeness (QED) is 0.677. The molecule has 0 aliphatic heterocycles. The number of rotatable bonds is 5. The molecule has 1 atom stereocenters. The Hall–Kier alpha value is -2.32. The minimum Gasteiger partial charge on any atom is -0.461 e. The first-order valence-electron chi connectivity index (χ1n) is 7.31. The number of nitrogens with one attached hydrogen (secondary N) is 1. The average molecular weight is 381 g/mol. The van der Waals surface area contributed by atoms with Crippen LogP contribution in [0.15, 0.2) is 46.2 Å². The average Bonchev–Trinajstić information content (AvgIpc) is 3.20. The highest BCUT2D eigenvalue weighted by Gasteiger charge is 2.20. The number of hydrogen-bond acceptors (Lipinski definition) is 5. The molecular formula is C16H14ClFN4O2S. The van der Waals surface area contributed by atoms with Crippen molar-refractivity contribution in [3.63, 3.8) is 0 Å². The Morgan fingerprint density at radius 1 is 1.40 bits per heavy atom. The van der Waals surface area contributed by atoms with Crippen LogP contribution < -0.4 is 5.32 Å². The van der Waals surface area contributed by atoms with Gasteiger partial charge in [0.05, 0.1) is 22.2 Å². The number of carbonyl (C=O) groups is 1. The predicted octanol–water partition coefficient (Wildman–Crippen LogP) is 3.99. The Kier molecular flexibility index (Phi) is 5.10. The maximum Gasteiger partial charge on any atom is 0.237 e. The van der Waals surface area contributed by atoms with Crippen LogP contribution in [0.5, 0.6) is 0 Å². The van der Waals surface area contributed by atoms with E-state index in [0.717, 1.165) is 6.07 Å². The predicted molar refractivity (Wildman–Crippen MR) is 94.1 cm³/mol. The van der Waals surface area contributed by atoms with Crippen molar-refractivity contribution in [2.45, 2.75) is 17.3 Å². The first-order valence-corrected chi connectivity index (χ1v) is 8.57. The van der Waals surface area contributed by atoms with Gasteiger partial charge in [-0.05, 0) is 37.3 Å². The van der Waals surface area contributed by atoms with E-state index in [2.05, 4.69) is 15.5 Å². The second-order valence-corrected chi connectivity index (χ2v) is 6.93. The van der Waals surface area contributed by atoms with Gasteiger partial charge in [0, 0.05) is 7.05 Å². The monoisotopic (exact) mass is 380 g/mol. The van der Waals surface area contributed by atoms with Gasteiger partial charge in [-0.2, -0.15) is 0 Å². The zero-order chi connectivity index (χ0) is 18.0. The molecule has 2 aromatic heterocycles. The highest BCUT2D eigenvalue weighted by molar-refractivity contribution is 8.00. The third-order valence-electron chi connectivity index (χ3n) is 3.42. The van der Waals surface area contributed by atoms with Crippen LogP contribution in [0.2, 0.25) is 5.02 Å². The standard InChI is InChI=1S/C16H14ClFN4O2S/c1-9(15(23)19-12-6-5-10(18)8-11(12)17)25-16-21-20-14(22(16)2)13-4-3-7-24-13/h3-9H,1-2H3,(H,19,23). The Morgan fingerprint density at radius 2 is 2.20 bits per heavy atom. The summed E-state index contributed by atoms with van der Waals surface area (Å²) in [6.07, 6.45) is 1.55. The second-order valence-electron chi connectivity index (χ2n) is 5.22. The molecule has 0 radical (unpaired) electrons. The lowest BCUT2D eigenvalue weighted by Crippen LogP contribution is -2.23. The number of nitrogens with zero attached hydrogens (tertiary/aromatic N) is 3. The van der Waals surface area contributed by atoms with Crippen molar-refractivity contribution in [3.8, 4) is 11.6 Å². The molecule has 0 saturated heterocycles. The van der Waals surface area contributed by atoms with E-state index in [1.807, 2.05) is 0 Å². The summed E-state index contributed by atoms with van der Waals surface area (Å²) in [5.41, 5.74) is 0.356. The molecule has 1 aromatic carbocycles. The topological polar surface area (TPSA) is 73.0 Å². The van der Waals surface area contributed by atoms with E-state index < -0.39 is 11.1 Å². The Morgan fingerprint density at radius 3 is 2.88 bits per heavy atom. The van der Waals surface area contributed by atoms with Crippen molar-refractivity contribution in [2.75, 3.05) is 5.32 Å². The van der Waals surface area contributed by atoms with Gasteiger partial charge in [-0.1, -0.05) is 23.4 Å². The van der Waals surface area contributed by atoms with Gasteiger partial charge in [-0.3, -0.25) is 4.79 Å². The fourth-order valence-corrected chi connectivity index (χ4v) is 3.10. The number of furan rings is 1. The SMILES string of the molecule is CC(Sc1nnc(-c2ccco2)n1C)C(=O)Nc1ccc(F)cc1Cl. The molecule has 1 unspecified atom stereocenters. The van der Waals surface area contributed by atoms with Gasteiger partial charge < -0.3 is 14.3 Å². The van der Waals surface area contributed by atoms with Gasteiger partial charge in [0.15, 0.2) is 16.7 Å². The summed E-state index contributed by atoms with van der Waals surface area (Å²) in [4.78, 5) is 12.3. The van der Waals surface area contributed by atoms with Crippen LogP contribution in [0.4, 0.5) is 10.1 Å². The van der Waals surface area contributed by atoms with Crippen molar-refractivity contribution >= 4 is 35.0 Å². The van der Waals surface area contributed by atoms with Crippen molar-refractivity contribution in [3.05, 3.63) is 47.4 Å². The molecular weight excluding hydrogens is 367 g/mol. The minimum absolute atomic E-state index is 0.143. The normalized spacial score (nSPS) is 12.2. The van der Waals surface area contributed by atoms with E-state index in [1.165, 1.54) is 23.9 Å². The van der Waals surface area contributed by atoms with E-state index in [0.29, 0.717) is 22.4 Å². The van der Waals surface area contributed by atoms with Crippen LogP contribution in [-0.2, 0) is 11.8 Å². The molecule has 9 heteroatoms. The van der Waals surface area contributed by atoms with E-state index in [4.69, 9.17) is 16.0 Å². The van der Waals surface area contributed by atoms with Gasteiger partial charge >= 0.3 is 0 Å². The highest BCUT2D eigenvalue weighted by Crippen LogP contribution is 2.28. The van der Waals surface area contributed by atoms with Gasteiger partial charge in [0.25, 0.3) is 0 Å². The fraction of sp³-hybridized carbons (Fsp3) is 0.188. The smallest absolute Gasteiger partial charge is 0.237 e. The van der Waals surface area contributed by atoms with E-state index in [9.17, 15) is 9.18 Å². The lowest BCUT2D eigenvalue weighted by atomic mass is 10.3. The summed E-state index contributed by atoms with van der Waals surface area (Å²) >= 11 is 7.17. The van der Waals surface area contributed by atoms with Crippen molar-refractivity contribution in [2.24, 2.45) is 7.05 Å². The number of halogens is 2. The van der Waals surface area contributed by atoms with Crippen LogP contribution in [0.3, 0.4) is 0 Å². The van der Waals surface area contributed by atoms with Gasteiger partial charge in [-0.15, -0.1) is 10.2 Å². The molecule has 1 amide bonds. The first-order chi connectivity index (χ1) is 12.0. The summed E-state index contributed by atoms with van der Waals surface area (Å²) in [6, 6.07) is 7.35. The largest absolute Gasteiger partial charge is 0.461 e. The Bertz CT molecular complexity index is 898. The molecule has 0 spiro atoms. The molecule has 1 N–H and O–H groups in total. The van der Waals surface area contributed by atoms with Gasteiger partial charge in [0.1, 0.15) is 5.82 Å². The molecule has 0 bridgehead atoms. The lowest BCUT2D eigenvalue weighted by molar-refractivity contribution is -0.115. The summed E-state index contributed by atoms with van der Waals surface area (Å²) in [7, 11) is 1.79. The van der Waals surface area contributed by atoms with Gasteiger partial charge in [-0.25, -0.2) is 4.39 Å². The number of aromatic nitrogens is 3. The maximum absolute atomic E-state index is 13.1. The summed E-state index contributed by atoms with van der Waals surface area (Å²) in [5, 5.41) is 11.1. The maximum atomic E-state index is 13.1. The van der Waals surface area contributed by atoms with Crippen LogP contribution in [0.25, 0.3) is 11.6 Å². The number of thioether (sulfide) groups is 1. The highest BCUT2D eigenvalue weighted by atomic mass is 35.5. The summed E-state index contributed by atoms with van der Waals surface area (Å²) in [6.45, 7) is 1.73. The second kappa shape index (κ2) is 7.28. The van der Waals surface area contributed by atoms with Crippen molar-refractivity contribution < 1.29 is 13.6 Å². The number of benzene rings is 1. The third-order valence-corrected chi connectivity index (χ3v) is 4.86. The molecule has 3 rings (SSSR count). The van der Waals surface area contributed by atoms with Crippen LogP contribution in [-0.4, -0.2) is 25.9 Å². The molecule has 0 fully saturated rings. The zero-order valence-corrected chi connectivity index (χ0v) is 14.9. The van der Waals surface area contributed by atoms with Crippen molar-refractivity contribution in [1.82, 2.24) is 14.8 Å². The number of anilines is 1. The molecule has 6 nitrogen and oxygen atoms in total. The van der Waals surface area contributed by atoms with Gasteiger partial charge in [0.2, 0.25) is 5.91 Å². The molecule has 0 saturated carbocycles. The molecule has 0 aliphatic rings. The lowest BCUT2D eigenvalue weighted by Gasteiger charge is -2.12. The number of hydrogen-bond donors (Lipinski definition) is 1. The van der Waals surface area contributed by atoms with E-state index in [-0.39, 0.29) is 10.9 Å². The van der Waals surface area contributed by atoms with Crippen molar-refractivity contribution in [1.29, 1.82) is 0 Å². The van der Waals surface area contributed by atoms with E-state index in [1.54, 1.807) is 36.9 Å². The fourth-order valence-electron chi connectivity index (χ4n) is 2.07. The van der Waals surface area contributed by atoms with Crippen LogP contribution >= 0.6 is 23.4 Å². The first kappa shape index (κ1) is 17.5. The number of carbonyl (C=O) groups excluding carboxylic acids is 1. The Balaban J connectivity index is 1.69. The number of amides is 1. The zero-order valence-electron chi connectivity index (χ0n) is 13.4. The van der Waals surface area contributed by atoms with Crippen LogP contribution in [0.1, 0.15) is 6.92 Å². The molecule has 3 aromatic rings. The molecule has 0 aliphatic carbocycles. The van der Waals surface area contributed by atoms with E-state index >= 15 is 0 Å². The minimum atomic E-state index is -0.464. The van der Waals surface area contributed by atoms with Crippen LogP contribution in [0, 0.1) is 5.82 Å². The molecule has 2 heterocycles. The summed E-state index contributed by atoms with van der Waals surface area (Å²) < 4.78 is 20.1.